The third kappa shape index (κ3) is 2.07. The van der Waals surface area contributed by atoms with Gasteiger partial charge in [-0.2, -0.15) is 9.36 Å². The monoisotopic (exact) mass is 200 g/mol. The molecule has 0 saturated heterocycles. The summed E-state index contributed by atoms with van der Waals surface area (Å²) in [5.74, 6) is 0.890. The van der Waals surface area contributed by atoms with Crippen LogP contribution in [-0.4, -0.2) is 27.1 Å². The summed E-state index contributed by atoms with van der Waals surface area (Å²) in [6.07, 6.45) is 1.69. The molecular weight excluding hydrogens is 188 g/mol. The van der Waals surface area contributed by atoms with Gasteiger partial charge in [-0.25, -0.2) is 0 Å². The highest BCUT2D eigenvalue weighted by atomic mass is 32.1. The lowest BCUT2D eigenvalue weighted by Crippen LogP contribution is -2.33. The molecule has 1 fully saturated rings. The van der Waals surface area contributed by atoms with Crippen LogP contribution in [0.3, 0.4) is 0 Å². The van der Waals surface area contributed by atoms with Crippen LogP contribution >= 0.6 is 11.5 Å². The molecule has 6 heteroatoms. The van der Waals surface area contributed by atoms with E-state index >= 15 is 0 Å². The van der Waals surface area contributed by atoms with Crippen LogP contribution < -0.4 is 11.1 Å². The molecule has 13 heavy (non-hydrogen) atoms. The summed E-state index contributed by atoms with van der Waals surface area (Å²) in [5, 5.41) is 13.0. The molecule has 4 N–H and O–H groups in total. The molecule has 1 aliphatic rings. The zero-order valence-electron chi connectivity index (χ0n) is 7.10. The van der Waals surface area contributed by atoms with Crippen molar-refractivity contribution in [2.45, 2.75) is 18.9 Å². The van der Waals surface area contributed by atoms with Crippen molar-refractivity contribution in [3.8, 4) is 0 Å². The molecule has 0 unspecified atom stereocenters. The van der Waals surface area contributed by atoms with Crippen molar-refractivity contribution in [2.24, 2.45) is 5.92 Å². The van der Waals surface area contributed by atoms with Crippen molar-refractivity contribution in [3.05, 3.63) is 0 Å². The summed E-state index contributed by atoms with van der Waals surface area (Å²) >= 11 is 1.27. The normalized spacial score (nSPS) is 26.8. The maximum absolute atomic E-state index is 9.05. The maximum Gasteiger partial charge on any atom is 0.233 e. The summed E-state index contributed by atoms with van der Waals surface area (Å²) in [6.45, 7) is 0.853. The minimum Gasteiger partial charge on any atom is -0.393 e. The van der Waals surface area contributed by atoms with Gasteiger partial charge < -0.3 is 16.2 Å². The maximum atomic E-state index is 9.05. The number of nitrogens with two attached hydrogens (primary N) is 1. The highest BCUT2D eigenvalue weighted by molar-refractivity contribution is 7.09. The zero-order chi connectivity index (χ0) is 9.26. The second-order valence-electron chi connectivity index (χ2n) is 3.33. The van der Waals surface area contributed by atoms with Crippen molar-refractivity contribution in [2.75, 3.05) is 17.6 Å². The van der Waals surface area contributed by atoms with Crippen LogP contribution in [0.1, 0.15) is 12.8 Å². The molecule has 0 aromatic carbocycles. The highest BCUT2D eigenvalue weighted by Crippen LogP contribution is 2.27. The van der Waals surface area contributed by atoms with E-state index in [1.165, 1.54) is 11.5 Å². The Bertz CT molecular complexity index is 284. The Kier molecular flexibility index (Phi) is 2.32. The fraction of sp³-hybridized carbons (Fsp3) is 0.714. The van der Waals surface area contributed by atoms with E-state index in [-0.39, 0.29) is 6.10 Å². The van der Waals surface area contributed by atoms with Gasteiger partial charge in [0, 0.05) is 18.1 Å². The average molecular weight is 200 g/mol. The number of aliphatic hydroxyl groups is 1. The molecule has 0 atom stereocenters. The molecule has 0 aliphatic heterocycles. The van der Waals surface area contributed by atoms with Crippen LogP contribution in [0.15, 0.2) is 0 Å². The molecule has 2 rings (SSSR count). The molecular formula is C7H12N4OS. The topological polar surface area (TPSA) is 84.1 Å². The number of aliphatic hydroxyl groups excluding tert-OH is 1. The van der Waals surface area contributed by atoms with Gasteiger partial charge in [0.15, 0.2) is 0 Å². The van der Waals surface area contributed by atoms with Crippen LogP contribution in [0, 0.1) is 5.92 Å². The van der Waals surface area contributed by atoms with Crippen molar-refractivity contribution in [1.82, 2.24) is 9.36 Å². The van der Waals surface area contributed by atoms with Gasteiger partial charge in [0.25, 0.3) is 0 Å². The second-order valence-corrected chi connectivity index (χ2v) is 4.08. The third-order valence-electron chi connectivity index (χ3n) is 2.19. The highest BCUT2D eigenvalue weighted by Gasteiger charge is 2.26. The fourth-order valence-corrected chi connectivity index (χ4v) is 1.91. The fourth-order valence-electron chi connectivity index (χ4n) is 1.41. The van der Waals surface area contributed by atoms with Gasteiger partial charge in [0.2, 0.25) is 11.1 Å². The van der Waals surface area contributed by atoms with E-state index in [1.54, 1.807) is 0 Å². The van der Waals surface area contributed by atoms with Gasteiger partial charge in [-0.3, -0.25) is 0 Å². The summed E-state index contributed by atoms with van der Waals surface area (Å²) < 4.78 is 3.85. The van der Waals surface area contributed by atoms with Gasteiger partial charge in [-0.15, -0.1) is 0 Å². The van der Waals surface area contributed by atoms with E-state index in [9.17, 15) is 0 Å². The minimum atomic E-state index is -0.0914. The average Bonchev–Trinajstić information content (AvgIpc) is 2.43. The first-order valence-corrected chi connectivity index (χ1v) is 5.02. The molecule has 1 heterocycles. The molecule has 1 aromatic heterocycles. The van der Waals surface area contributed by atoms with E-state index < -0.39 is 0 Å². The van der Waals surface area contributed by atoms with Crippen molar-refractivity contribution < 1.29 is 5.11 Å². The summed E-state index contributed by atoms with van der Waals surface area (Å²) in [4.78, 5) is 3.97. The van der Waals surface area contributed by atoms with E-state index in [0.717, 1.165) is 24.5 Å². The standard InChI is InChI=1S/C7H12N4OS/c8-6-10-7(13-11-6)9-3-4-1-5(12)2-4/h4-5,12H,1-3H2,(H3,8,9,10,11). The van der Waals surface area contributed by atoms with E-state index in [2.05, 4.69) is 14.7 Å². The van der Waals surface area contributed by atoms with E-state index in [4.69, 9.17) is 10.8 Å². The summed E-state index contributed by atoms with van der Waals surface area (Å²) in [7, 11) is 0. The number of hydrogen-bond acceptors (Lipinski definition) is 6. The predicted molar refractivity (Wildman–Crippen MR) is 51.5 cm³/mol. The lowest BCUT2D eigenvalue weighted by Gasteiger charge is -2.31. The van der Waals surface area contributed by atoms with Gasteiger partial charge in [0.1, 0.15) is 0 Å². The van der Waals surface area contributed by atoms with Crippen LogP contribution in [0.5, 0.6) is 0 Å². The minimum absolute atomic E-state index is 0.0914. The number of nitrogens with zero attached hydrogens (tertiary/aromatic N) is 2. The van der Waals surface area contributed by atoms with Crippen molar-refractivity contribution >= 4 is 22.6 Å². The first-order chi connectivity index (χ1) is 6.24. The van der Waals surface area contributed by atoms with E-state index in [1.807, 2.05) is 0 Å². The van der Waals surface area contributed by atoms with Gasteiger partial charge >= 0.3 is 0 Å². The van der Waals surface area contributed by atoms with Gasteiger partial charge in [-0.05, 0) is 18.8 Å². The van der Waals surface area contributed by atoms with Crippen molar-refractivity contribution in [1.29, 1.82) is 0 Å². The molecule has 72 valence electrons. The quantitative estimate of drug-likeness (QED) is 0.653. The molecule has 1 saturated carbocycles. The third-order valence-corrected chi connectivity index (χ3v) is 2.88. The van der Waals surface area contributed by atoms with Crippen LogP contribution in [-0.2, 0) is 0 Å². The largest absolute Gasteiger partial charge is 0.393 e. The Hall–Kier alpha value is -0.880. The van der Waals surface area contributed by atoms with E-state index in [0.29, 0.717) is 11.9 Å². The Labute approximate surface area is 80.2 Å². The molecule has 0 amide bonds. The molecule has 0 bridgehead atoms. The number of hydrogen-bond donors (Lipinski definition) is 3. The first kappa shape index (κ1) is 8.71. The lowest BCUT2D eigenvalue weighted by atomic mass is 9.82. The smallest absolute Gasteiger partial charge is 0.233 e. The molecule has 0 spiro atoms. The number of aromatic nitrogens is 2. The number of anilines is 2. The van der Waals surface area contributed by atoms with Gasteiger partial charge in [0.05, 0.1) is 6.10 Å². The molecule has 1 aliphatic carbocycles. The summed E-state index contributed by atoms with van der Waals surface area (Å²) in [5.41, 5.74) is 5.36. The zero-order valence-corrected chi connectivity index (χ0v) is 7.92. The van der Waals surface area contributed by atoms with Gasteiger partial charge in [-0.1, -0.05) is 0 Å². The predicted octanol–water partition coefficient (Wildman–Crippen LogP) is 0.303. The lowest BCUT2D eigenvalue weighted by molar-refractivity contribution is 0.0487. The number of nitrogen functional groups attached to an aromatic ring is 1. The molecule has 1 aromatic rings. The Balaban J connectivity index is 1.74. The Morgan fingerprint density at radius 3 is 2.92 bits per heavy atom. The summed E-state index contributed by atoms with van der Waals surface area (Å²) in [6, 6.07) is 0. The Morgan fingerprint density at radius 1 is 1.62 bits per heavy atom. The van der Waals surface area contributed by atoms with Crippen LogP contribution in [0.4, 0.5) is 11.1 Å². The number of nitrogens with one attached hydrogen (secondary N) is 1. The molecule has 5 nitrogen and oxygen atoms in total. The second kappa shape index (κ2) is 3.47. The van der Waals surface area contributed by atoms with Crippen LogP contribution in [0.2, 0.25) is 0 Å². The molecule has 0 radical (unpaired) electrons. The SMILES string of the molecule is Nc1nsc(NCC2CC(O)C2)n1. The Morgan fingerprint density at radius 2 is 2.38 bits per heavy atom. The first-order valence-electron chi connectivity index (χ1n) is 4.25. The number of rotatable bonds is 3. The van der Waals surface area contributed by atoms with Crippen LogP contribution in [0.25, 0.3) is 0 Å². The van der Waals surface area contributed by atoms with Crippen molar-refractivity contribution in [3.63, 3.8) is 0 Å².